The van der Waals surface area contributed by atoms with Crippen LogP contribution in [0.25, 0.3) is 0 Å². The van der Waals surface area contributed by atoms with E-state index in [9.17, 15) is 13.2 Å². The van der Waals surface area contributed by atoms with Gasteiger partial charge in [0.25, 0.3) is 5.63 Å². The number of rotatable bonds is 6. The number of benzene rings is 1. The molecule has 1 aliphatic carbocycles. The van der Waals surface area contributed by atoms with E-state index in [0.29, 0.717) is 5.92 Å². The van der Waals surface area contributed by atoms with Crippen molar-refractivity contribution < 1.29 is 17.9 Å². The average molecular weight is 335 g/mol. The first-order chi connectivity index (χ1) is 10.4. The van der Waals surface area contributed by atoms with Gasteiger partial charge in [0.1, 0.15) is 5.75 Å². The standard InChI is InChI=1S/C17H22ClF3O/c1-2-3-12-4-6-13(7-5-12)14-8-10-15(11-9-14)22-17(20,21)16(18)19/h8-13,16H,2-7H2,1H3. The number of alkyl halides is 4. The van der Waals surface area contributed by atoms with E-state index < -0.39 is 11.7 Å². The zero-order valence-corrected chi connectivity index (χ0v) is 13.5. The number of ether oxygens (including phenoxy) is 1. The molecule has 124 valence electrons. The van der Waals surface area contributed by atoms with Gasteiger partial charge < -0.3 is 4.74 Å². The Kier molecular flexibility index (Phi) is 6.01. The molecule has 1 fully saturated rings. The Bertz CT molecular complexity index is 453. The van der Waals surface area contributed by atoms with Crippen molar-refractivity contribution >= 4 is 11.6 Å². The van der Waals surface area contributed by atoms with Gasteiger partial charge in [0, 0.05) is 0 Å². The van der Waals surface area contributed by atoms with Gasteiger partial charge in [-0.05, 0) is 55.2 Å². The van der Waals surface area contributed by atoms with Gasteiger partial charge in [0.2, 0.25) is 0 Å². The van der Waals surface area contributed by atoms with Crippen molar-refractivity contribution in [3.63, 3.8) is 0 Å². The van der Waals surface area contributed by atoms with Crippen molar-refractivity contribution in [1.82, 2.24) is 0 Å². The molecule has 0 heterocycles. The van der Waals surface area contributed by atoms with E-state index in [1.807, 2.05) is 0 Å². The number of hydrogen-bond donors (Lipinski definition) is 0. The minimum absolute atomic E-state index is 0.0725. The van der Waals surface area contributed by atoms with E-state index in [2.05, 4.69) is 11.7 Å². The highest BCUT2D eigenvalue weighted by Crippen LogP contribution is 2.38. The van der Waals surface area contributed by atoms with Gasteiger partial charge in [-0.1, -0.05) is 43.5 Å². The van der Waals surface area contributed by atoms with Crippen LogP contribution >= 0.6 is 11.6 Å². The highest BCUT2D eigenvalue weighted by atomic mass is 35.5. The molecule has 0 bridgehead atoms. The summed E-state index contributed by atoms with van der Waals surface area (Å²) in [6.07, 6.45) is 3.23. The van der Waals surface area contributed by atoms with Crippen LogP contribution in [0.3, 0.4) is 0 Å². The van der Waals surface area contributed by atoms with Gasteiger partial charge in [-0.25, -0.2) is 4.39 Å². The fourth-order valence-electron chi connectivity index (χ4n) is 3.20. The molecule has 5 heteroatoms. The highest BCUT2D eigenvalue weighted by Gasteiger charge is 2.42. The van der Waals surface area contributed by atoms with Crippen LogP contribution in [0.1, 0.15) is 56.9 Å². The molecule has 0 saturated heterocycles. The first-order valence-corrected chi connectivity index (χ1v) is 8.31. The van der Waals surface area contributed by atoms with E-state index >= 15 is 0 Å². The lowest BCUT2D eigenvalue weighted by Gasteiger charge is -2.28. The van der Waals surface area contributed by atoms with Gasteiger partial charge >= 0.3 is 6.11 Å². The summed E-state index contributed by atoms with van der Waals surface area (Å²) < 4.78 is 43.0. The summed E-state index contributed by atoms with van der Waals surface area (Å²) in [5.74, 6) is 1.23. The van der Waals surface area contributed by atoms with Crippen LogP contribution in [-0.4, -0.2) is 11.7 Å². The van der Waals surface area contributed by atoms with Gasteiger partial charge in [-0.15, -0.1) is 0 Å². The highest BCUT2D eigenvalue weighted by molar-refractivity contribution is 6.20. The second-order valence-electron chi connectivity index (χ2n) is 6.04. The van der Waals surface area contributed by atoms with Crippen LogP contribution in [0, 0.1) is 5.92 Å². The summed E-state index contributed by atoms with van der Waals surface area (Å²) in [5.41, 5.74) is -1.73. The molecule has 2 rings (SSSR count). The maximum Gasteiger partial charge on any atom is 0.444 e. The molecule has 1 aliphatic rings. The fraction of sp³-hybridized carbons (Fsp3) is 0.647. The summed E-state index contributed by atoms with van der Waals surface area (Å²) in [6.45, 7) is 2.21. The molecule has 0 amide bonds. The summed E-state index contributed by atoms with van der Waals surface area (Å²) in [5, 5.41) is 0. The fourth-order valence-corrected chi connectivity index (χ4v) is 3.25. The van der Waals surface area contributed by atoms with E-state index in [0.717, 1.165) is 24.3 Å². The van der Waals surface area contributed by atoms with Crippen molar-refractivity contribution in [3.8, 4) is 5.75 Å². The SMILES string of the molecule is CCCC1CCC(c2ccc(OC(F)(F)C(F)Cl)cc2)CC1. The molecule has 1 aromatic carbocycles. The summed E-state index contributed by atoms with van der Waals surface area (Å²) in [7, 11) is 0. The van der Waals surface area contributed by atoms with Crippen LogP contribution in [-0.2, 0) is 0 Å². The molecule has 0 aromatic heterocycles. The molecule has 1 atom stereocenters. The van der Waals surface area contributed by atoms with E-state index in [1.165, 1.54) is 37.8 Å². The minimum Gasteiger partial charge on any atom is -0.429 e. The zero-order chi connectivity index (χ0) is 16.2. The Morgan fingerprint density at radius 1 is 1.18 bits per heavy atom. The molecule has 0 radical (unpaired) electrons. The molecule has 1 nitrogen and oxygen atoms in total. The molecule has 1 unspecified atom stereocenters. The Labute approximate surface area is 134 Å². The largest absolute Gasteiger partial charge is 0.444 e. The number of halogens is 4. The second kappa shape index (κ2) is 7.58. The first kappa shape index (κ1) is 17.5. The predicted molar refractivity (Wildman–Crippen MR) is 82.4 cm³/mol. The third kappa shape index (κ3) is 4.55. The molecule has 0 spiro atoms. The molecule has 0 aliphatic heterocycles. The lowest BCUT2D eigenvalue weighted by Crippen LogP contribution is -2.32. The minimum atomic E-state index is -4.01. The maximum absolute atomic E-state index is 13.1. The summed E-state index contributed by atoms with van der Waals surface area (Å²) in [6, 6.07) is 6.50. The molecular formula is C17H22ClF3O. The van der Waals surface area contributed by atoms with Gasteiger partial charge in [0.15, 0.2) is 0 Å². The third-order valence-corrected chi connectivity index (χ3v) is 4.66. The Morgan fingerprint density at radius 2 is 1.77 bits per heavy atom. The first-order valence-electron chi connectivity index (χ1n) is 7.87. The predicted octanol–water partition coefficient (Wildman–Crippen LogP) is 6.27. The lowest BCUT2D eigenvalue weighted by molar-refractivity contribution is -0.199. The van der Waals surface area contributed by atoms with Crippen LogP contribution in [0.5, 0.6) is 5.75 Å². The summed E-state index contributed by atoms with van der Waals surface area (Å²) >= 11 is 4.77. The van der Waals surface area contributed by atoms with Crippen molar-refractivity contribution in [2.75, 3.05) is 0 Å². The smallest absolute Gasteiger partial charge is 0.429 e. The molecule has 22 heavy (non-hydrogen) atoms. The Morgan fingerprint density at radius 3 is 2.27 bits per heavy atom. The van der Waals surface area contributed by atoms with Crippen molar-refractivity contribution in [3.05, 3.63) is 29.8 Å². The second-order valence-corrected chi connectivity index (χ2v) is 6.42. The van der Waals surface area contributed by atoms with Gasteiger partial charge in [0.05, 0.1) is 0 Å². The van der Waals surface area contributed by atoms with E-state index in [-0.39, 0.29) is 5.75 Å². The molecule has 0 N–H and O–H groups in total. The van der Waals surface area contributed by atoms with Crippen LogP contribution < -0.4 is 4.74 Å². The van der Waals surface area contributed by atoms with Crippen LogP contribution in [0.2, 0.25) is 0 Å². The van der Waals surface area contributed by atoms with Crippen molar-refractivity contribution in [1.29, 1.82) is 0 Å². The average Bonchev–Trinajstić information content (AvgIpc) is 2.49. The zero-order valence-electron chi connectivity index (χ0n) is 12.7. The van der Waals surface area contributed by atoms with E-state index in [4.69, 9.17) is 11.6 Å². The lowest BCUT2D eigenvalue weighted by atomic mass is 9.77. The molecular weight excluding hydrogens is 313 g/mol. The van der Waals surface area contributed by atoms with Crippen LogP contribution in [0.4, 0.5) is 13.2 Å². The van der Waals surface area contributed by atoms with Crippen LogP contribution in [0.15, 0.2) is 24.3 Å². The Hall–Kier alpha value is -0.900. The van der Waals surface area contributed by atoms with E-state index in [1.54, 1.807) is 12.1 Å². The monoisotopic (exact) mass is 334 g/mol. The maximum atomic E-state index is 13.1. The normalized spacial score (nSPS) is 24.0. The topological polar surface area (TPSA) is 9.23 Å². The van der Waals surface area contributed by atoms with Gasteiger partial charge in [-0.2, -0.15) is 8.78 Å². The quantitative estimate of drug-likeness (QED) is 0.557. The van der Waals surface area contributed by atoms with Crippen molar-refractivity contribution in [2.24, 2.45) is 5.92 Å². The molecule has 1 aromatic rings. The molecule has 1 saturated carbocycles. The van der Waals surface area contributed by atoms with Gasteiger partial charge in [-0.3, -0.25) is 0 Å². The number of hydrogen-bond acceptors (Lipinski definition) is 1. The summed E-state index contributed by atoms with van der Waals surface area (Å²) in [4.78, 5) is 0. The Balaban J connectivity index is 1.93. The van der Waals surface area contributed by atoms with Crippen molar-refractivity contribution in [2.45, 2.75) is 63.1 Å². The third-order valence-electron chi connectivity index (χ3n) is 4.40.